The fourth-order valence-corrected chi connectivity index (χ4v) is 1.18. The van der Waals surface area contributed by atoms with E-state index in [9.17, 15) is 4.79 Å². The first-order valence-electron chi connectivity index (χ1n) is 4.62. The molecule has 0 saturated carbocycles. The summed E-state index contributed by atoms with van der Waals surface area (Å²) in [5.41, 5.74) is 1.35. The number of carbonyl (C=O) groups excluding carboxylic acids is 1. The van der Waals surface area contributed by atoms with Gasteiger partial charge in [-0.2, -0.15) is 4.98 Å². The lowest BCUT2D eigenvalue weighted by molar-refractivity contribution is 0.112. The molecule has 2 rings (SSSR count). The van der Waals surface area contributed by atoms with Gasteiger partial charge in [0.25, 0.3) is 0 Å². The predicted octanol–water partition coefficient (Wildman–Crippen LogP) is 1.74. The molecule has 1 aromatic carbocycles. The Hall–Kier alpha value is -2.43. The maximum absolute atomic E-state index is 10.4. The van der Waals surface area contributed by atoms with Crippen molar-refractivity contribution in [2.24, 2.45) is 0 Å². The zero-order valence-electron chi connectivity index (χ0n) is 8.29. The summed E-state index contributed by atoms with van der Waals surface area (Å²) in [7, 11) is 0. The Kier molecular flexibility index (Phi) is 2.77. The van der Waals surface area contributed by atoms with E-state index in [0.717, 1.165) is 12.0 Å². The minimum Gasteiger partial charge on any atom is -0.493 e. The first-order chi connectivity index (χ1) is 7.78. The number of nitrogens with zero attached hydrogens (tertiary/aromatic N) is 2. The van der Waals surface area contributed by atoms with E-state index in [1.165, 1.54) is 12.3 Å². The normalized spacial score (nSPS) is 9.75. The van der Waals surface area contributed by atoms with Gasteiger partial charge in [0.15, 0.2) is 0 Å². The van der Waals surface area contributed by atoms with Gasteiger partial charge in [0, 0.05) is 23.5 Å². The van der Waals surface area contributed by atoms with Crippen LogP contribution in [0.25, 0.3) is 0 Å². The average Bonchev–Trinajstić information content (AvgIpc) is 2.30. The zero-order valence-corrected chi connectivity index (χ0v) is 8.29. The molecule has 2 aromatic rings. The van der Waals surface area contributed by atoms with Gasteiger partial charge < -0.3 is 10.4 Å². The van der Waals surface area contributed by atoms with E-state index in [1.807, 2.05) is 0 Å². The Morgan fingerprint density at radius 1 is 1.19 bits per heavy atom. The van der Waals surface area contributed by atoms with Crippen LogP contribution in [0.15, 0.2) is 36.5 Å². The van der Waals surface area contributed by atoms with Crippen LogP contribution in [-0.2, 0) is 0 Å². The van der Waals surface area contributed by atoms with E-state index < -0.39 is 0 Å². The molecule has 0 aliphatic rings. The zero-order chi connectivity index (χ0) is 11.4. The van der Waals surface area contributed by atoms with E-state index in [1.54, 1.807) is 24.3 Å². The third-order valence-electron chi connectivity index (χ3n) is 1.94. The van der Waals surface area contributed by atoms with Gasteiger partial charge in [0.1, 0.15) is 6.29 Å². The molecule has 0 unspecified atom stereocenters. The van der Waals surface area contributed by atoms with Crippen molar-refractivity contribution < 1.29 is 9.90 Å². The molecule has 2 N–H and O–H groups in total. The number of benzene rings is 1. The number of hydrogen-bond donors (Lipinski definition) is 2. The van der Waals surface area contributed by atoms with E-state index in [0.29, 0.717) is 11.5 Å². The Bertz CT molecular complexity index is 497. The van der Waals surface area contributed by atoms with Crippen molar-refractivity contribution in [3.05, 3.63) is 42.1 Å². The second-order valence-electron chi connectivity index (χ2n) is 3.10. The second-order valence-corrected chi connectivity index (χ2v) is 3.10. The van der Waals surface area contributed by atoms with Gasteiger partial charge in [0.05, 0.1) is 0 Å². The molecule has 0 radical (unpaired) electrons. The number of nitrogens with one attached hydrogen (secondary N) is 1. The van der Waals surface area contributed by atoms with Crippen LogP contribution in [0.3, 0.4) is 0 Å². The van der Waals surface area contributed by atoms with Crippen LogP contribution in [0.5, 0.6) is 5.88 Å². The molecule has 16 heavy (non-hydrogen) atoms. The summed E-state index contributed by atoms with van der Waals surface area (Å²) in [6.07, 6.45) is 2.22. The summed E-state index contributed by atoms with van der Waals surface area (Å²) in [5, 5.41) is 12.0. The molecular weight excluding hydrogens is 206 g/mol. The van der Waals surface area contributed by atoms with Gasteiger partial charge in [-0.15, -0.1) is 0 Å². The standard InChI is InChI=1S/C11H9N3O2/c15-7-8-1-3-9(4-2-8)13-11-12-6-5-10(16)14-11/h1-7H,(H2,12,13,14,16). The summed E-state index contributed by atoms with van der Waals surface area (Å²) in [5.74, 6) is 0.209. The molecule has 0 atom stereocenters. The Labute approximate surface area is 91.8 Å². The number of aldehydes is 1. The topological polar surface area (TPSA) is 75.1 Å². The number of hydrogen-bond acceptors (Lipinski definition) is 5. The molecule has 0 aliphatic heterocycles. The predicted molar refractivity (Wildman–Crippen MR) is 58.8 cm³/mol. The van der Waals surface area contributed by atoms with Crippen molar-refractivity contribution in [3.8, 4) is 5.88 Å². The van der Waals surface area contributed by atoms with Gasteiger partial charge in [-0.3, -0.25) is 4.79 Å². The van der Waals surface area contributed by atoms with Crippen molar-refractivity contribution in [2.45, 2.75) is 0 Å². The summed E-state index contributed by atoms with van der Waals surface area (Å²) in [6.45, 7) is 0. The maximum atomic E-state index is 10.4. The fourth-order valence-electron chi connectivity index (χ4n) is 1.18. The van der Waals surface area contributed by atoms with Crippen LogP contribution in [0.4, 0.5) is 11.6 Å². The number of anilines is 2. The van der Waals surface area contributed by atoms with E-state index in [4.69, 9.17) is 5.11 Å². The maximum Gasteiger partial charge on any atom is 0.230 e. The van der Waals surface area contributed by atoms with Crippen molar-refractivity contribution >= 4 is 17.9 Å². The molecule has 0 bridgehead atoms. The van der Waals surface area contributed by atoms with Crippen LogP contribution in [-0.4, -0.2) is 21.4 Å². The van der Waals surface area contributed by atoms with Crippen LogP contribution in [0, 0.1) is 0 Å². The molecule has 5 nitrogen and oxygen atoms in total. The summed E-state index contributed by atoms with van der Waals surface area (Å²) in [4.78, 5) is 18.1. The quantitative estimate of drug-likeness (QED) is 0.763. The van der Waals surface area contributed by atoms with Crippen LogP contribution >= 0.6 is 0 Å². The van der Waals surface area contributed by atoms with Crippen molar-refractivity contribution in [1.29, 1.82) is 0 Å². The highest BCUT2D eigenvalue weighted by molar-refractivity contribution is 5.75. The smallest absolute Gasteiger partial charge is 0.230 e. The Morgan fingerprint density at radius 2 is 1.94 bits per heavy atom. The van der Waals surface area contributed by atoms with Crippen molar-refractivity contribution in [2.75, 3.05) is 5.32 Å². The summed E-state index contributed by atoms with van der Waals surface area (Å²) < 4.78 is 0. The first kappa shape index (κ1) is 10.1. The highest BCUT2D eigenvalue weighted by Gasteiger charge is 1.98. The van der Waals surface area contributed by atoms with Crippen molar-refractivity contribution in [3.63, 3.8) is 0 Å². The third kappa shape index (κ3) is 2.33. The Balaban J connectivity index is 2.17. The summed E-state index contributed by atoms with van der Waals surface area (Å²) >= 11 is 0. The van der Waals surface area contributed by atoms with Gasteiger partial charge in [-0.05, 0) is 24.3 Å². The van der Waals surface area contributed by atoms with Gasteiger partial charge in [-0.1, -0.05) is 0 Å². The minimum atomic E-state index is -0.0954. The van der Waals surface area contributed by atoms with Crippen LogP contribution in [0.2, 0.25) is 0 Å². The highest BCUT2D eigenvalue weighted by atomic mass is 16.3. The minimum absolute atomic E-state index is 0.0954. The first-order valence-corrected chi connectivity index (χ1v) is 4.62. The molecule has 5 heteroatoms. The molecule has 0 spiro atoms. The van der Waals surface area contributed by atoms with E-state index in [2.05, 4.69) is 15.3 Å². The molecule has 0 saturated heterocycles. The molecule has 1 aromatic heterocycles. The molecule has 80 valence electrons. The molecule has 0 aliphatic carbocycles. The van der Waals surface area contributed by atoms with E-state index >= 15 is 0 Å². The lowest BCUT2D eigenvalue weighted by Gasteiger charge is -2.04. The monoisotopic (exact) mass is 215 g/mol. The highest BCUT2D eigenvalue weighted by Crippen LogP contribution is 2.14. The Morgan fingerprint density at radius 3 is 2.56 bits per heavy atom. The fraction of sp³-hybridized carbons (Fsp3) is 0. The third-order valence-corrected chi connectivity index (χ3v) is 1.94. The number of aromatic hydroxyl groups is 1. The lowest BCUT2D eigenvalue weighted by atomic mass is 10.2. The lowest BCUT2D eigenvalue weighted by Crippen LogP contribution is -1.96. The molecule has 1 heterocycles. The largest absolute Gasteiger partial charge is 0.493 e. The van der Waals surface area contributed by atoms with Crippen LogP contribution < -0.4 is 5.32 Å². The average molecular weight is 215 g/mol. The molecular formula is C11H9N3O2. The van der Waals surface area contributed by atoms with Gasteiger partial charge in [-0.25, -0.2) is 4.98 Å². The summed E-state index contributed by atoms with van der Waals surface area (Å²) in [6, 6.07) is 8.21. The van der Waals surface area contributed by atoms with Crippen molar-refractivity contribution in [1.82, 2.24) is 9.97 Å². The molecule has 0 amide bonds. The van der Waals surface area contributed by atoms with Crippen LogP contribution in [0.1, 0.15) is 10.4 Å². The van der Waals surface area contributed by atoms with E-state index in [-0.39, 0.29) is 5.88 Å². The number of carbonyl (C=O) groups is 1. The number of rotatable bonds is 3. The van der Waals surface area contributed by atoms with Gasteiger partial charge >= 0.3 is 0 Å². The SMILES string of the molecule is O=Cc1ccc(Nc2nccc(O)n2)cc1. The molecule has 0 fully saturated rings. The number of aromatic nitrogens is 2. The van der Waals surface area contributed by atoms with Gasteiger partial charge in [0.2, 0.25) is 11.8 Å². The second kappa shape index (κ2) is 4.39.